The van der Waals surface area contributed by atoms with Crippen LogP contribution in [-0.4, -0.2) is 13.1 Å². The topological polar surface area (TPSA) is 26.3 Å². The van der Waals surface area contributed by atoms with E-state index in [4.69, 9.17) is 0 Å². The number of methoxy groups -OCH3 is 1. The monoisotopic (exact) mass is 140 g/mol. The summed E-state index contributed by atoms with van der Waals surface area (Å²) >= 11 is 0. The molecule has 0 bridgehead atoms. The molecular weight excluding hydrogens is 128 g/mol. The fourth-order valence-corrected chi connectivity index (χ4v) is 1.10. The maximum atomic E-state index is 10.9. The van der Waals surface area contributed by atoms with Gasteiger partial charge in [0.05, 0.1) is 13.0 Å². The van der Waals surface area contributed by atoms with Gasteiger partial charge in [-0.3, -0.25) is 4.79 Å². The van der Waals surface area contributed by atoms with E-state index in [1.54, 1.807) is 0 Å². The van der Waals surface area contributed by atoms with Gasteiger partial charge in [-0.25, -0.2) is 0 Å². The Bertz CT molecular complexity index is 174. The summed E-state index contributed by atoms with van der Waals surface area (Å²) in [4.78, 5) is 10.9. The molecule has 0 aromatic rings. The average Bonchev–Trinajstić information content (AvgIpc) is 2.62. The van der Waals surface area contributed by atoms with Crippen LogP contribution in [0.15, 0.2) is 12.7 Å². The summed E-state index contributed by atoms with van der Waals surface area (Å²) < 4.78 is 4.58. The first-order valence-corrected chi connectivity index (χ1v) is 3.35. The van der Waals surface area contributed by atoms with Gasteiger partial charge in [0.1, 0.15) is 0 Å². The van der Waals surface area contributed by atoms with Crippen LogP contribution >= 0.6 is 0 Å². The summed E-state index contributed by atoms with van der Waals surface area (Å²) in [5.41, 5.74) is 0.0209. The molecule has 1 rings (SSSR count). The van der Waals surface area contributed by atoms with E-state index in [-0.39, 0.29) is 17.3 Å². The molecule has 0 aromatic carbocycles. The van der Waals surface area contributed by atoms with Crippen LogP contribution in [-0.2, 0) is 9.53 Å². The predicted molar refractivity (Wildman–Crippen MR) is 38.4 cm³/mol. The van der Waals surface area contributed by atoms with E-state index < -0.39 is 0 Å². The normalized spacial score (nSPS) is 36.8. The largest absolute Gasteiger partial charge is 0.469 e. The van der Waals surface area contributed by atoms with Crippen LogP contribution in [0.1, 0.15) is 13.3 Å². The van der Waals surface area contributed by atoms with Gasteiger partial charge in [0.25, 0.3) is 0 Å². The Labute approximate surface area is 60.9 Å². The number of carbonyl (C=O) groups is 1. The lowest BCUT2D eigenvalue weighted by Crippen LogP contribution is -2.07. The lowest BCUT2D eigenvalue weighted by atomic mass is 10.1. The van der Waals surface area contributed by atoms with Gasteiger partial charge < -0.3 is 4.74 Å². The van der Waals surface area contributed by atoms with Crippen molar-refractivity contribution in [3.05, 3.63) is 12.7 Å². The molecule has 0 spiro atoms. The van der Waals surface area contributed by atoms with Crippen LogP contribution in [0.5, 0.6) is 0 Å². The van der Waals surface area contributed by atoms with Gasteiger partial charge in [-0.15, -0.1) is 6.58 Å². The van der Waals surface area contributed by atoms with Crippen molar-refractivity contribution in [1.29, 1.82) is 0 Å². The zero-order chi connectivity index (χ0) is 7.78. The number of esters is 1. The summed E-state index contributed by atoms with van der Waals surface area (Å²) in [5, 5.41) is 0. The standard InChI is InChI=1S/C8H12O2/c1-4-8(2)5-6(8)7(9)10-3/h4,6H,1,5H2,2-3H3/t6-,8+/m0/s1. The van der Waals surface area contributed by atoms with E-state index in [1.807, 2.05) is 13.0 Å². The van der Waals surface area contributed by atoms with Crippen molar-refractivity contribution in [3.63, 3.8) is 0 Å². The van der Waals surface area contributed by atoms with E-state index >= 15 is 0 Å². The molecule has 1 fully saturated rings. The van der Waals surface area contributed by atoms with Crippen molar-refractivity contribution < 1.29 is 9.53 Å². The molecule has 0 aromatic heterocycles. The molecule has 1 saturated carbocycles. The summed E-state index contributed by atoms with van der Waals surface area (Å²) in [5.74, 6) is -0.0441. The van der Waals surface area contributed by atoms with Crippen LogP contribution in [0.3, 0.4) is 0 Å². The second-order valence-corrected chi connectivity index (χ2v) is 2.99. The van der Waals surface area contributed by atoms with Crippen molar-refractivity contribution in [2.24, 2.45) is 11.3 Å². The molecule has 0 radical (unpaired) electrons. The van der Waals surface area contributed by atoms with Crippen LogP contribution < -0.4 is 0 Å². The molecule has 2 nitrogen and oxygen atoms in total. The molecule has 0 heterocycles. The summed E-state index contributed by atoms with van der Waals surface area (Å²) in [6.45, 7) is 5.67. The highest BCUT2D eigenvalue weighted by atomic mass is 16.5. The number of hydrogen-bond donors (Lipinski definition) is 0. The molecule has 0 aliphatic heterocycles. The Morgan fingerprint density at radius 1 is 1.90 bits per heavy atom. The first kappa shape index (κ1) is 7.32. The Hall–Kier alpha value is -0.790. The SMILES string of the molecule is C=C[C@]1(C)C[C@H]1C(=O)OC. The predicted octanol–water partition coefficient (Wildman–Crippen LogP) is 1.37. The van der Waals surface area contributed by atoms with Crippen molar-refractivity contribution in [2.45, 2.75) is 13.3 Å². The fraction of sp³-hybridized carbons (Fsp3) is 0.625. The second-order valence-electron chi connectivity index (χ2n) is 2.99. The average molecular weight is 140 g/mol. The van der Waals surface area contributed by atoms with Crippen LogP contribution in [0.25, 0.3) is 0 Å². The third-order valence-electron chi connectivity index (χ3n) is 2.23. The maximum Gasteiger partial charge on any atom is 0.309 e. The molecule has 0 unspecified atom stereocenters. The zero-order valence-corrected chi connectivity index (χ0v) is 6.39. The highest BCUT2D eigenvalue weighted by Gasteiger charge is 2.53. The van der Waals surface area contributed by atoms with Crippen molar-refractivity contribution in [3.8, 4) is 0 Å². The number of hydrogen-bond acceptors (Lipinski definition) is 2. The number of carbonyl (C=O) groups excluding carboxylic acids is 1. The first-order chi connectivity index (χ1) is 4.64. The van der Waals surface area contributed by atoms with Gasteiger partial charge >= 0.3 is 5.97 Å². The Balaban J connectivity index is 2.52. The lowest BCUT2D eigenvalue weighted by molar-refractivity contribution is -0.142. The third kappa shape index (κ3) is 0.939. The molecule has 0 saturated heterocycles. The second kappa shape index (κ2) is 2.11. The van der Waals surface area contributed by atoms with Gasteiger partial charge in [0.2, 0.25) is 0 Å². The van der Waals surface area contributed by atoms with Crippen molar-refractivity contribution >= 4 is 5.97 Å². The van der Waals surface area contributed by atoms with Gasteiger partial charge in [-0.05, 0) is 11.8 Å². The summed E-state index contributed by atoms with van der Waals surface area (Å²) in [7, 11) is 1.42. The highest BCUT2D eigenvalue weighted by molar-refractivity contribution is 5.77. The minimum atomic E-state index is -0.109. The summed E-state index contributed by atoms with van der Waals surface area (Å²) in [6, 6.07) is 0. The van der Waals surface area contributed by atoms with Crippen LogP contribution in [0.2, 0.25) is 0 Å². The van der Waals surface area contributed by atoms with Gasteiger partial charge in [0.15, 0.2) is 0 Å². The molecule has 2 heteroatoms. The lowest BCUT2D eigenvalue weighted by Gasteiger charge is -2.00. The van der Waals surface area contributed by atoms with E-state index in [2.05, 4.69) is 11.3 Å². The van der Waals surface area contributed by atoms with Crippen LogP contribution in [0, 0.1) is 11.3 Å². The van der Waals surface area contributed by atoms with Gasteiger partial charge in [-0.2, -0.15) is 0 Å². The maximum absolute atomic E-state index is 10.9. The van der Waals surface area contributed by atoms with Crippen molar-refractivity contribution in [2.75, 3.05) is 7.11 Å². The van der Waals surface area contributed by atoms with E-state index in [9.17, 15) is 4.79 Å². The van der Waals surface area contributed by atoms with E-state index in [0.29, 0.717) is 0 Å². The molecule has 0 amide bonds. The minimum absolute atomic E-state index is 0.0209. The number of rotatable bonds is 2. The van der Waals surface area contributed by atoms with Gasteiger partial charge in [-0.1, -0.05) is 13.0 Å². The van der Waals surface area contributed by atoms with Crippen molar-refractivity contribution in [1.82, 2.24) is 0 Å². The Morgan fingerprint density at radius 2 is 2.50 bits per heavy atom. The van der Waals surface area contributed by atoms with E-state index in [0.717, 1.165) is 6.42 Å². The molecule has 56 valence electrons. The molecule has 1 aliphatic rings. The zero-order valence-electron chi connectivity index (χ0n) is 6.39. The minimum Gasteiger partial charge on any atom is -0.469 e. The molecule has 10 heavy (non-hydrogen) atoms. The molecule has 1 aliphatic carbocycles. The van der Waals surface area contributed by atoms with Crippen LogP contribution in [0.4, 0.5) is 0 Å². The molecular formula is C8H12O2. The first-order valence-electron chi connectivity index (χ1n) is 3.35. The van der Waals surface area contributed by atoms with Gasteiger partial charge in [0, 0.05) is 0 Å². The summed E-state index contributed by atoms with van der Waals surface area (Å²) in [6.07, 6.45) is 2.72. The Morgan fingerprint density at radius 3 is 2.80 bits per heavy atom. The van der Waals surface area contributed by atoms with E-state index in [1.165, 1.54) is 7.11 Å². The quantitative estimate of drug-likeness (QED) is 0.427. The third-order valence-corrected chi connectivity index (χ3v) is 2.23. The number of allylic oxidation sites excluding steroid dienone is 1. The Kier molecular flexibility index (Phi) is 1.55. The highest BCUT2D eigenvalue weighted by Crippen LogP contribution is 2.53. The molecule has 2 atom stereocenters. The number of ether oxygens (including phenoxy) is 1. The smallest absolute Gasteiger partial charge is 0.309 e. The fourth-order valence-electron chi connectivity index (χ4n) is 1.10. The molecule has 0 N–H and O–H groups in total.